The third-order valence-corrected chi connectivity index (χ3v) is 13.8. The highest BCUT2D eigenvalue weighted by Gasteiger charge is 2.62. The molecule has 2 saturated carbocycles. The number of ether oxygens (including phenoxy) is 1. The molecule has 370 valence electrons. The van der Waals surface area contributed by atoms with E-state index in [1.54, 1.807) is 9.47 Å². The fraction of sp³-hybridized carbons (Fsp3) is 0.327. The summed E-state index contributed by atoms with van der Waals surface area (Å²) < 4.78 is 94.3. The number of pyridine rings is 2. The highest BCUT2D eigenvalue weighted by molar-refractivity contribution is 6.01. The van der Waals surface area contributed by atoms with Gasteiger partial charge >= 0.3 is 6.18 Å². The second-order valence-corrected chi connectivity index (χ2v) is 18.5. The molecule has 8 aliphatic rings. The molecule has 13 rings (SSSR count). The number of aromatic nitrogens is 2. The smallest absolute Gasteiger partial charge is 0.446 e. The Morgan fingerprint density at radius 2 is 1.14 bits per heavy atom. The number of benzene rings is 3. The van der Waals surface area contributed by atoms with E-state index in [0.29, 0.717) is 44.1 Å². The van der Waals surface area contributed by atoms with Crippen molar-refractivity contribution in [1.82, 2.24) is 29.6 Å². The monoisotopic (exact) mass is 990 g/mol. The summed E-state index contributed by atoms with van der Waals surface area (Å²) in [5.41, 5.74) is -1.79. The van der Waals surface area contributed by atoms with Crippen molar-refractivity contribution in [3.05, 3.63) is 162 Å². The number of carbonyl (C=O) groups is 5. The lowest BCUT2D eigenvalue weighted by atomic mass is 9.72. The number of aromatic hydroxyl groups is 1. The van der Waals surface area contributed by atoms with Gasteiger partial charge in [0.2, 0.25) is 17.1 Å². The molecule has 2 aromatic heterocycles. The number of aldehydes is 1. The molecule has 3 N–H and O–H groups in total. The van der Waals surface area contributed by atoms with Crippen molar-refractivity contribution in [3.8, 4) is 11.5 Å². The summed E-state index contributed by atoms with van der Waals surface area (Å²) in [5, 5.41) is 15.3. The molecule has 71 heavy (non-hydrogen) atoms. The third kappa shape index (κ3) is 9.01. The van der Waals surface area contributed by atoms with Gasteiger partial charge in [-0.2, -0.15) is 13.2 Å². The van der Waals surface area contributed by atoms with Crippen LogP contribution in [0, 0.1) is 35.1 Å². The van der Waals surface area contributed by atoms with Crippen molar-refractivity contribution >= 4 is 29.9 Å². The minimum absolute atomic E-state index is 0.0516. The molecule has 6 fully saturated rings. The van der Waals surface area contributed by atoms with E-state index in [0.717, 1.165) is 49.4 Å². The maximum Gasteiger partial charge on any atom is 0.446 e. The lowest BCUT2D eigenvalue weighted by Crippen LogP contribution is -2.56. The van der Waals surface area contributed by atoms with Crippen molar-refractivity contribution in [1.29, 1.82) is 0 Å². The van der Waals surface area contributed by atoms with Crippen LogP contribution in [0.3, 0.4) is 0 Å². The van der Waals surface area contributed by atoms with E-state index in [4.69, 9.17) is 9.53 Å². The zero-order valence-corrected chi connectivity index (χ0v) is 37.2. The molecule has 8 heterocycles. The Balaban J connectivity index is 0.000000161. The van der Waals surface area contributed by atoms with Gasteiger partial charge in [0, 0.05) is 74.9 Å². The van der Waals surface area contributed by atoms with E-state index >= 15 is 0 Å². The summed E-state index contributed by atoms with van der Waals surface area (Å²) in [7, 11) is 0. The predicted molar refractivity (Wildman–Crippen MR) is 234 cm³/mol. The van der Waals surface area contributed by atoms with E-state index in [2.05, 4.69) is 10.6 Å². The van der Waals surface area contributed by atoms with Crippen LogP contribution in [0.1, 0.15) is 84.1 Å². The Morgan fingerprint density at radius 3 is 1.61 bits per heavy atom. The van der Waals surface area contributed by atoms with Crippen LogP contribution in [0.15, 0.2) is 88.7 Å². The molecule has 4 amide bonds. The van der Waals surface area contributed by atoms with Crippen molar-refractivity contribution in [2.24, 2.45) is 11.8 Å². The molecule has 0 radical (unpaired) electrons. The van der Waals surface area contributed by atoms with Gasteiger partial charge in [0.25, 0.3) is 23.6 Å². The van der Waals surface area contributed by atoms with Crippen molar-refractivity contribution in [2.45, 2.75) is 75.7 Å². The van der Waals surface area contributed by atoms with Crippen LogP contribution in [0.2, 0.25) is 0 Å². The molecule has 2 aliphatic carbocycles. The zero-order chi connectivity index (χ0) is 50.7. The number of nitrogens with one attached hydrogen (secondary N) is 2. The predicted octanol–water partition coefficient (Wildman–Crippen LogP) is 5.38. The molecule has 15 nitrogen and oxygen atoms in total. The summed E-state index contributed by atoms with van der Waals surface area (Å²) >= 11 is 0. The summed E-state index contributed by atoms with van der Waals surface area (Å²) in [4.78, 5) is 90.1. The van der Waals surface area contributed by atoms with Crippen LogP contribution < -0.4 is 26.2 Å². The van der Waals surface area contributed by atoms with Gasteiger partial charge in [0.15, 0.2) is 22.9 Å². The van der Waals surface area contributed by atoms with Crippen LogP contribution in [0.25, 0.3) is 0 Å². The molecule has 4 saturated heterocycles. The second kappa shape index (κ2) is 18.2. The number of carbonyl (C=O) groups excluding carboxylic acids is 5. The molecule has 6 aliphatic heterocycles. The highest BCUT2D eigenvalue weighted by Crippen LogP contribution is 2.55. The Hall–Kier alpha value is -7.78. The zero-order valence-electron chi connectivity index (χ0n) is 37.2. The fourth-order valence-corrected chi connectivity index (χ4v) is 10.6. The van der Waals surface area contributed by atoms with E-state index in [1.165, 1.54) is 29.1 Å². The van der Waals surface area contributed by atoms with E-state index in [-0.39, 0.29) is 76.1 Å². The van der Waals surface area contributed by atoms with Gasteiger partial charge in [-0.05, 0) is 55.2 Å². The summed E-state index contributed by atoms with van der Waals surface area (Å²) in [6.45, 7) is 1.73. The second-order valence-electron chi connectivity index (χ2n) is 18.5. The first-order chi connectivity index (χ1) is 33.7. The van der Waals surface area contributed by atoms with E-state index < -0.39 is 70.1 Å². The Labute approximate surface area is 397 Å². The summed E-state index contributed by atoms with van der Waals surface area (Å²) in [6.07, 6.45) is 0.522. The molecule has 22 heteroatoms. The van der Waals surface area contributed by atoms with Gasteiger partial charge in [-0.25, -0.2) is 17.6 Å². The largest absolute Gasteiger partial charge is 0.503 e. The van der Waals surface area contributed by atoms with Gasteiger partial charge < -0.3 is 39.4 Å². The minimum Gasteiger partial charge on any atom is -0.503 e. The van der Waals surface area contributed by atoms with Gasteiger partial charge in [-0.1, -0.05) is 42.5 Å². The van der Waals surface area contributed by atoms with E-state index in [1.807, 2.05) is 35.2 Å². The van der Waals surface area contributed by atoms with Crippen molar-refractivity contribution in [2.75, 3.05) is 13.1 Å². The molecule has 0 unspecified atom stereocenters. The Bertz CT molecular complexity index is 3150. The first-order valence-corrected chi connectivity index (χ1v) is 22.2. The number of hydrogen-bond donors (Lipinski definition) is 3. The molecular formula is C49H41F7N6O9. The minimum atomic E-state index is -4.64. The van der Waals surface area contributed by atoms with Crippen LogP contribution in [-0.2, 0) is 37.6 Å². The average Bonchev–Trinajstić information content (AvgIpc) is 4.08. The molecular weight excluding hydrogens is 950 g/mol. The summed E-state index contributed by atoms with van der Waals surface area (Å²) in [5.74, 6) is -5.29. The number of rotatable bonds is 9. The van der Waals surface area contributed by atoms with E-state index in [9.17, 15) is 64.6 Å². The number of halogens is 7. The first kappa shape index (κ1) is 48.3. The Morgan fingerprint density at radius 1 is 0.690 bits per heavy atom. The number of amides is 4. The third-order valence-electron chi connectivity index (χ3n) is 13.8. The standard InChI is InChI=1S/C27H23F2N3O4.C20H17F2N3O4.C2HF3O/c28-19-7-6-18(21(29)8-19)11-30-25(34)20-13-31-15-27-9-17(10-27)12-32(27)26(35)22(31)24(23(20)33)36-14-16-4-2-1-3-5-16;21-12-2-1-11(14(22)3-12)6-23-18(28)13-8-24-9-20-4-10(5-20)7-25(20)19(29)15(24)17(27)16(13)26;3-2(4,5)1-6/h1-8,13,17H,9-12,14-15H2,(H,30,34);1-3,8,10,27H,4-7,9H2,(H,23,28);1H. The molecule has 0 atom stereocenters. The first-order valence-electron chi connectivity index (χ1n) is 22.2. The quantitative estimate of drug-likeness (QED) is 0.129. The molecule has 5 aromatic rings. The number of fused-ring (bicyclic) bond motifs is 2. The average molecular weight is 991 g/mol. The highest BCUT2D eigenvalue weighted by atomic mass is 19.4. The topological polar surface area (TPSA) is 189 Å². The SMILES string of the molecule is O=C(NCc1ccc(F)cc1F)c1cn2c(c(O)c1=O)C(=O)N1CC3CC1(C3)C2.O=C(NCc1ccc(F)cc1F)c1cn2c(c(OCc3ccccc3)c1=O)C(=O)N1CC3CC1(C3)C2.O=CC(F)(F)F. The molecule has 2 spiro atoms. The lowest BCUT2D eigenvalue weighted by molar-refractivity contribution is -0.156. The fourth-order valence-electron chi connectivity index (χ4n) is 10.6. The molecule has 4 bridgehead atoms. The summed E-state index contributed by atoms with van der Waals surface area (Å²) in [6, 6.07) is 15.2. The van der Waals surface area contributed by atoms with Gasteiger partial charge in [0.1, 0.15) is 41.0 Å². The van der Waals surface area contributed by atoms with Crippen molar-refractivity contribution < 1.29 is 64.5 Å². The van der Waals surface area contributed by atoms with Crippen LogP contribution >= 0.6 is 0 Å². The van der Waals surface area contributed by atoms with Crippen LogP contribution in [0.4, 0.5) is 30.7 Å². The van der Waals surface area contributed by atoms with Gasteiger partial charge in [0.05, 0.1) is 11.1 Å². The maximum absolute atomic E-state index is 14.0. The van der Waals surface area contributed by atoms with Gasteiger partial charge in [-0.15, -0.1) is 0 Å². The Kier molecular flexibility index (Phi) is 12.4. The van der Waals surface area contributed by atoms with Crippen LogP contribution in [0.5, 0.6) is 11.5 Å². The number of alkyl halides is 3. The number of hydrogen-bond acceptors (Lipinski definition) is 9. The van der Waals surface area contributed by atoms with Gasteiger partial charge in [-0.3, -0.25) is 33.6 Å². The maximum atomic E-state index is 14.0. The normalized spacial score (nSPS) is 21.6. The molecule has 3 aromatic carbocycles. The number of nitrogens with zero attached hydrogens (tertiary/aromatic N) is 4. The van der Waals surface area contributed by atoms with Crippen LogP contribution in [-0.4, -0.2) is 84.3 Å². The van der Waals surface area contributed by atoms with Crippen molar-refractivity contribution in [3.63, 3.8) is 0 Å². The lowest BCUT2D eigenvalue weighted by Gasteiger charge is -2.46.